The zero-order valence-corrected chi connectivity index (χ0v) is 9.94. The molecule has 1 aromatic rings. The Morgan fingerprint density at radius 1 is 1.13 bits per heavy atom. The Kier molecular flexibility index (Phi) is 5.74. The van der Waals surface area contributed by atoms with Gasteiger partial charge in [-0.15, -0.1) is 0 Å². The SMILES string of the molecule is O=[C]CCCCCc1cc(Cl)ccc1Cl. The van der Waals surface area contributed by atoms with Crippen LogP contribution < -0.4 is 0 Å². The maximum Gasteiger partial charge on any atom is 0.198 e. The summed E-state index contributed by atoms with van der Waals surface area (Å²) in [5.74, 6) is 0. The van der Waals surface area contributed by atoms with Crippen molar-refractivity contribution in [3.8, 4) is 0 Å². The first-order valence-electron chi connectivity index (χ1n) is 5.03. The number of hydrogen-bond acceptors (Lipinski definition) is 1. The normalized spacial score (nSPS) is 10.3. The van der Waals surface area contributed by atoms with Gasteiger partial charge in [-0.25, -0.2) is 0 Å². The zero-order valence-electron chi connectivity index (χ0n) is 8.43. The minimum absolute atomic E-state index is 0.531. The first-order valence-corrected chi connectivity index (χ1v) is 5.78. The van der Waals surface area contributed by atoms with Crippen molar-refractivity contribution in [2.24, 2.45) is 0 Å². The molecule has 0 bridgehead atoms. The van der Waals surface area contributed by atoms with Crippen LogP contribution >= 0.6 is 23.2 Å². The highest BCUT2D eigenvalue weighted by Gasteiger charge is 2.01. The molecule has 0 fully saturated rings. The topological polar surface area (TPSA) is 17.1 Å². The lowest BCUT2D eigenvalue weighted by atomic mass is 10.1. The van der Waals surface area contributed by atoms with E-state index in [1.54, 1.807) is 6.07 Å². The summed E-state index contributed by atoms with van der Waals surface area (Å²) in [5, 5.41) is 1.48. The Morgan fingerprint density at radius 2 is 1.93 bits per heavy atom. The summed E-state index contributed by atoms with van der Waals surface area (Å²) < 4.78 is 0. The van der Waals surface area contributed by atoms with Gasteiger partial charge in [0.15, 0.2) is 6.29 Å². The van der Waals surface area contributed by atoms with E-state index in [2.05, 4.69) is 0 Å². The van der Waals surface area contributed by atoms with Crippen molar-refractivity contribution in [2.45, 2.75) is 32.1 Å². The summed E-state index contributed by atoms with van der Waals surface area (Å²) in [5.41, 5.74) is 1.08. The molecule has 0 heterocycles. The van der Waals surface area contributed by atoms with Crippen LogP contribution in [0.25, 0.3) is 0 Å². The van der Waals surface area contributed by atoms with E-state index in [4.69, 9.17) is 23.2 Å². The fraction of sp³-hybridized carbons (Fsp3) is 0.417. The van der Waals surface area contributed by atoms with Crippen LogP contribution in [0.15, 0.2) is 18.2 Å². The number of aryl methyl sites for hydroxylation is 1. The zero-order chi connectivity index (χ0) is 11.1. The standard InChI is InChI=1S/C12H13Cl2O/c13-11-6-7-12(14)10(9-11)5-3-1-2-4-8-15/h6-7,9H,1-5H2. The molecule has 0 aliphatic rings. The van der Waals surface area contributed by atoms with Gasteiger partial charge in [0.1, 0.15) is 0 Å². The molecule has 1 rings (SSSR count). The van der Waals surface area contributed by atoms with Gasteiger partial charge in [0.25, 0.3) is 0 Å². The summed E-state index contributed by atoms with van der Waals surface area (Å²) in [6.45, 7) is 0. The maximum absolute atomic E-state index is 9.97. The molecule has 1 radical (unpaired) electrons. The molecule has 0 aromatic heterocycles. The predicted octanol–water partition coefficient (Wildman–Crippen LogP) is 4.21. The second kappa shape index (κ2) is 6.86. The highest BCUT2D eigenvalue weighted by molar-refractivity contribution is 6.33. The van der Waals surface area contributed by atoms with Gasteiger partial charge in [-0.1, -0.05) is 29.6 Å². The average Bonchev–Trinajstić information content (AvgIpc) is 2.23. The van der Waals surface area contributed by atoms with E-state index >= 15 is 0 Å². The van der Waals surface area contributed by atoms with Crippen molar-refractivity contribution in [1.29, 1.82) is 0 Å². The molecule has 0 saturated carbocycles. The number of halogens is 2. The van der Waals surface area contributed by atoms with Crippen molar-refractivity contribution in [2.75, 3.05) is 0 Å². The van der Waals surface area contributed by atoms with Gasteiger partial charge >= 0.3 is 0 Å². The van der Waals surface area contributed by atoms with Crippen molar-refractivity contribution in [3.63, 3.8) is 0 Å². The lowest BCUT2D eigenvalue weighted by Crippen LogP contribution is -1.88. The Morgan fingerprint density at radius 3 is 2.67 bits per heavy atom. The number of unbranched alkanes of at least 4 members (excludes halogenated alkanes) is 3. The van der Waals surface area contributed by atoms with Crippen LogP contribution in [0.3, 0.4) is 0 Å². The van der Waals surface area contributed by atoms with Gasteiger partial charge in [-0.05, 0) is 43.0 Å². The third kappa shape index (κ3) is 4.67. The van der Waals surface area contributed by atoms with E-state index in [0.29, 0.717) is 6.42 Å². The maximum atomic E-state index is 9.97. The molecule has 81 valence electrons. The molecule has 1 aromatic carbocycles. The van der Waals surface area contributed by atoms with E-state index in [1.165, 1.54) is 0 Å². The fourth-order valence-corrected chi connectivity index (χ4v) is 1.83. The molecule has 0 aliphatic heterocycles. The molecule has 0 N–H and O–H groups in total. The van der Waals surface area contributed by atoms with Gasteiger partial charge in [-0.3, -0.25) is 4.79 Å². The van der Waals surface area contributed by atoms with E-state index in [1.807, 2.05) is 18.4 Å². The Labute approximate surface area is 100 Å². The highest BCUT2D eigenvalue weighted by Crippen LogP contribution is 2.22. The highest BCUT2D eigenvalue weighted by atomic mass is 35.5. The van der Waals surface area contributed by atoms with Gasteiger partial charge < -0.3 is 0 Å². The Bertz CT molecular complexity index is 323. The third-order valence-corrected chi connectivity index (χ3v) is 2.84. The van der Waals surface area contributed by atoms with Gasteiger partial charge in [0.2, 0.25) is 0 Å². The second-order valence-electron chi connectivity index (χ2n) is 3.44. The summed E-state index contributed by atoms with van der Waals surface area (Å²) in [7, 11) is 0. The molecule has 15 heavy (non-hydrogen) atoms. The smallest absolute Gasteiger partial charge is 0.198 e. The van der Waals surface area contributed by atoms with E-state index in [-0.39, 0.29) is 0 Å². The molecular formula is C12H13Cl2O. The van der Waals surface area contributed by atoms with E-state index in [9.17, 15) is 4.79 Å². The molecule has 0 saturated heterocycles. The lowest BCUT2D eigenvalue weighted by molar-refractivity contribution is 0.545. The van der Waals surface area contributed by atoms with E-state index in [0.717, 1.165) is 41.3 Å². The summed E-state index contributed by atoms with van der Waals surface area (Å²) >= 11 is 11.9. The van der Waals surface area contributed by atoms with Crippen LogP contribution in [0.2, 0.25) is 10.0 Å². The molecular weight excluding hydrogens is 231 g/mol. The second-order valence-corrected chi connectivity index (χ2v) is 4.28. The molecule has 3 heteroatoms. The lowest BCUT2D eigenvalue weighted by Gasteiger charge is -2.04. The van der Waals surface area contributed by atoms with Crippen LogP contribution in [0.1, 0.15) is 31.2 Å². The first-order chi connectivity index (χ1) is 7.24. The first kappa shape index (κ1) is 12.5. The van der Waals surface area contributed by atoms with Crippen LogP contribution in [-0.4, -0.2) is 6.29 Å². The van der Waals surface area contributed by atoms with Crippen molar-refractivity contribution < 1.29 is 4.79 Å². The largest absolute Gasteiger partial charge is 0.291 e. The monoisotopic (exact) mass is 243 g/mol. The average molecular weight is 244 g/mol. The van der Waals surface area contributed by atoms with Crippen molar-refractivity contribution >= 4 is 29.5 Å². The minimum atomic E-state index is 0.531. The number of hydrogen-bond donors (Lipinski definition) is 0. The summed E-state index contributed by atoms with van der Waals surface area (Å²) in [6, 6.07) is 5.50. The molecule has 0 amide bonds. The molecule has 0 spiro atoms. The van der Waals surface area contributed by atoms with E-state index < -0.39 is 0 Å². The van der Waals surface area contributed by atoms with Gasteiger partial charge in [0, 0.05) is 16.5 Å². The number of carbonyl (C=O) groups excluding carboxylic acids is 1. The summed E-state index contributed by atoms with van der Waals surface area (Å²) in [6.07, 6.45) is 6.30. The van der Waals surface area contributed by atoms with Gasteiger partial charge in [0.05, 0.1) is 0 Å². The Balaban J connectivity index is 2.36. The molecule has 1 nitrogen and oxygen atoms in total. The van der Waals surface area contributed by atoms with Crippen LogP contribution in [0.4, 0.5) is 0 Å². The third-order valence-electron chi connectivity index (χ3n) is 2.23. The van der Waals surface area contributed by atoms with Crippen molar-refractivity contribution in [3.05, 3.63) is 33.8 Å². The Hall–Kier alpha value is -0.530. The predicted molar refractivity (Wildman–Crippen MR) is 64.3 cm³/mol. The number of rotatable bonds is 6. The van der Waals surface area contributed by atoms with Crippen molar-refractivity contribution in [1.82, 2.24) is 0 Å². The summed E-state index contributed by atoms with van der Waals surface area (Å²) in [4.78, 5) is 9.97. The molecule has 0 aliphatic carbocycles. The number of benzene rings is 1. The fourth-order valence-electron chi connectivity index (χ4n) is 1.42. The van der Waals surface area contributed by atoms with Gasteiger partial charge in [-0.2, -0.15) is 0 Å². The minimum Gasteiger partial charge on any atom is -0.291 e. The molecule has 0 atom stereocenters. The molecule has 0 unspecified atom stereocenters. The van der Waals surface area contributed by atoms with Crippen LogP contribution in [-0.2, 0) is 11.2 Å². The van der Waals surface area contributed by atoms with Crippen LogP contribution in [0, 0.1) is 0 Å². The van der Waals surface area contributed by atoms with Crippen LogP contribution in [0.5, 0.6) is 0 Å². The quantitative estimate of drug-likeness (QED) is 0.685.